The van der Waals surface area contributed by atoms with Gasteiger partial charge in [0.1, 0.15) is 0 Å². The zero-order valence-corrected chi connectivity index (χ0v) is 4.42. The highest BCUT2D eigenvalue weighted by Gasteiger charge is 1.68. The monoisotopic (exact) mass is 107 g/mol. The van der Waals surface area contributed by atoms with Gasteiger partial charge in [0.15, 0.2) is 0 Å². The number of allylic oxidation sites excluding steroid dienone is 2. The fourth-order valence-corrected chi connectivity index (χ4v) is 0.347. The van der Waals surface area contributed by atoms with Crippen LogP contribution in [0.5, 0.6) is 0 Å². The Kier molecular flexibility index (Phi) is 1.27. The van der Waals surface area contributed by atoms with Crippen molar-refractivity contribution in [3.63, 3.8) is 0 Å². The third kappa shape index (κ3) is 4.03. The maximum atomic E-state index is 6.85. The third-order valence-corrected chi connectivity index (χ3v) is 0.538. The van der Waals surface area contributed by atoms with Crippen LogP contribution < -0.4 is 0 Å². The molecule has 0 rings (SSSR count). The second-order valence-electron chi connectivity index (χ2n) is 1.04. The van der Waals surface area contributed by atoms with Crippen molar-refractivity contribution in [1.82, 2.24) is 0 Å². The van der Waals surface area contributed by atoms with Crippen LogP contribution in [0.4, 0.5) is 0 Å². The molecule has 0 N–H and O–H groups in total. The Hall–Kier alpha value is 0.0300. The van der Waals surface area contributed by atoms with Crippen LogP contribution in [0.1, 0.15) is 17.9 Å². The van der Waals surface area contributed by atoms with E-state index in [-0.39, 0.29) is 5.88 Å². The molecule has 0 aliphatic rings. The van der Waals surface area contributed by atoms with Crippen molar-refractivity contribution in [1.29, 1.82) is 0 Å². The van der Waals surface area contributed by atoms with Crippen molar-refractivity contribution in [3.8, 4) is 0 Å². The molecule has 6 heavy (non-hydrogen) atoms. The van der Waals surface area contributed by atoms with Crippen LogP contribution in [-0.4, -0.2) is 5.88 Å². The van der Waals surface area contributed by atoms with Crippen molar-refractivity contribution in [2.24, 2.45) is 0 Å². The molecule has 0 heterocycles. The first-order valence-electron chi connectivity index (χ1n) is 3.21. The molecule has 0 unspecified atom stereocenters. The van der Waals surface area contributed by atoms with Gasteiger partial charge in [0.2, 0.25) is 0 Å². The molecule has 0 atom stereocenters. The summed E-state index contributed by atoms with van der Waals surface area (Å²) in [5.41, 5.74) is 0.359. The van der Waals surface area contributed by atoms with Gasteiger partial charge in [-0.3, -0.25) is 0 Å². The highest BCUT2D eigenvalue weighted by Crippen LogP contribution is 1.87. The molecule has 0 fully saturated rings. The summed E-state index contributed by atoms with van der Waals surface area (Å²) in [6.07, 6.45) is 1.49. The van der Waals surface area contributed by atoms with E-state index >= 15 is 0 Å². The van der Waals surface area contributed by atoms with E-state index in [0.29, 0.717) is 5.57 Å². The minimum absolute atomic E-state index is 0.268. The summed E-state index contributed by atoms with van der Waals surface area (Å²) in [5, 5.41) is 0. The molecule has 0 aliphatic heterocycles. The van der Waals surface area contributed by atoms with Crippen LogP contribution in [0.3, 0.4) is 0 Å². The van der Waals surface area contributed by atoms with Crippen LogP contribution >= 0.6 is 11.6 Å². The Morgan fingerprint density at radius 2 is 2.83 bits per heavy atom. The molecule has 0 aromatic rings. The lowest BCUT2D eigenvalue weighted by atomic mass is 10.3. The van der Waals surface area contributed by atoms with Crippen molar-refractivity contribution in [2.45, 2.75) is 13.8 Å². The molecular formula is C5H9Cl. The van der Waals surface area contributed by atoms with E-state index in [0.717, 1.165) is 0 Å². The van der Waals surface area contributed by atoms with Gasteiger partial charge in [-0.25, -0.2) is 0 Å². The SMILES string of the molecule is [2H]C([2H])([2H])/C(C)=C/CCl. The van der Waals surface area contributed by atoms with Gasteiger partial charge in [0.05, 0.1) is 0 Å². The summed E-state index contributed by atoms with van der Waals surface area (Å²) in [7, 11) is 0. The maximum absolute atomic E-state index is 6.85. The molecule has 0 aliphatic carbocycles. The smallest absolute Gasteiger partial charge is 0.0406 e. The molecule has 0 spiro atoms. The van der Waals surface area contributed by atoms with Crippen molar-refractivity contribution in [3.05, 3.63) is 11.6 Å². The lowest BCUT2D eigenvalue weighted by Gasteiger charge is -1.78. The van der Waals surface area contributed by atoms with E-state index in [2.05, 4.69) is 0 Å². The van der Waals surface area contributed by atoms with E-state index in [4.69, 9.17) is 15.7 Å². The number of hydrogen-bond donors (Lipinski definition) is 0. The molecular weight excluding hydrogens is 95.5 g/mol. The quantitative estimate of drug-likeness (QED) is 0.356. The zero-order chi connectivity index (χ0) is 7.49. The molecule has 1 heteroatoms. The van der Waals surface area contributed by atoms with Gasteiger partial charge in [-0.2, -0.15) is 0 Å². The first-order chi connectivity index (χ1) is 3.98. The molecule has 0 nitrogen and oxygen atoms in total. The Morgan fingerprint density at radius 3 is 3.00 bits per heavy atom. The molecule has 0 aromatic heterocycles. The minimum Gasteiger partial charge on any atom is -0.122 e. The summed E-state index contributed by atoms with van der Waals surface area (Å²) < 4.78 is 20.5. The summed E-state index contributed by atoms with van der Waals surface area (Å²) in [6, 6.07) is 0. The largest absolute Gasteiger partial charge is 0.122 e. The first-order valence-corrected chi connectivity index (χ1v) is 2.25. The van der Waals surface area contributed by atoms with Crippen LogP contribution in [0, 0.1) is 0 Å². The highest BCUT2D eigenvalue weighted by molar-refractivity contribution is 6.18. The summed E-state index contributed by atoms with van der Waals surface area (Å²) in [6.45, 7) is -0.412. The topological polar surface area (TPSA) is 0 Å². The summed E-state index contributed by atoms with van der Waals surface area (Å²) >= 11 is 5.28. The fourth-order valence-electron chi connectivity index (χ4n) is 0.116. The number of hydrogen-bond acceptors (Lipinski definition) is 0. The first kappa shape index (κ1) is 2.37. The van der Waals surface area contributed by atoms with E-state index in [1.165, 1.54) is 6.08 Å². The molecule has 0 saturated heterocycles. The Balaban J connectivity index is 4.03. The van der Waals surface area contributed by atoms with E-state index in [9.17, 15) is 0 Å². The van der Waals surface area contributed by atoms with Crippen molar-refractivity contribution in [2.75, 3.05) is 5.88 Å². The Bertz CT molecular complexity index is 114. The van der Waals surface area contributed by atoms with Gasteiger partial charge in [0.25, 0.3) is 0 Å². The second-order valence-corrected chi connectivity index (χ2v) is 1.35. The number of rotatable bonds is 1. The summed E-state index contributed by atoms with van der Waals surface area (Å²) in [5.74, 6) is 0.268. The Labute approximate surface area is 48.0 Å². The van der Waals surface area contributed by atoms with Crippen LogP contribution in [0.2, 0.25) is 0 Å². The average Bonchev–Trinajstić information content (AvgIpc) is 1.64. The summed E-state index contributed by atoms with van der Waals surface area (Å²) in [4.78, 5) is 0. The molecule has 0 saturated carbocycles. The maximum Gasteiger partial charge on any atom is 0.0406 e. The second kappa shape index (κ2) is 3.23. The van der Waals surface area contributed by atoms with Gasteiger partial charge in [0, 0.05) is 9.99 Å². The number of halogens is 1. The zero-order valence-electron chi connectivity index (χ0n) is 6.66. The van der Waals surface area contributed by atoms with E-state index in [1.54, 1.807) is 6.92 Å². The van der Waals surface area contributed by atoms with E-state index in [1.807, 2.05) is 0 Å². The average molecular weight is 108 g/mol. The normalized spacial score (nSPS) is 21.7. The molecule has 0 amide bonds. The van der Waals surface area contributed by atoms with Crippen LogP contribution in [-0.2, 0) is 0 Å². The lowest BCUT2D eigenvalue weighted by molar-refractivity contribution is 1.37. The minimum atomic E-state index is -1.96. The standard InChI is InChI=1S/C5H9Cl/c1-5(2)3-4-6/h3H,4H2,1-2H3/i1D3/b5-3-. The van der Waals surface area contributed by atoms with Gasteiger partial charge >= 0.3 is 0 Å². The van der Waals surface area contributed by atoms with Crippen LogP contribution in [0.15, 0.2) is 11.6 Å². The lowest BCUT2D eigenvalue weighted by Crippen LogP contribution is -1.62. The molecule has 0 aromatic carbocycles. The van der Waals surface area contributed by atoms with Crippen LogP contribution in [0.25, 0.3) is 0 Å². The van der Waals surface area contributed by atoms with Gasteiger partial charge in [-0.05, 0) is 13.8 Å². The molecule has 0 bridgehead atoms. The van der Waals surface area contributed by atoms with E-state index < -0.39 is 6.85 Å². The fraction of sp³-hybridized carbons (Fsp3) is 0.600. The van der Waals surface area contributed by atoms with Crippen molar-refractivity contribution < 1.29 is 4.11 Å². The molecule has 36 valence electrons. The molecule has 0 radical (unpaired) electrons. The highest BCUT2D eigenvalue weighted by atomic mass is 35.5. The Morgan fingerprint density at radius 1 is 2.17 bits per heavy atom. The third-order valence-electron chi connectivity index (χ3n) is 0.383. The van der Waals surface area contributed by atoms with Gasteiger partial charge in [-0.1, -0.05) is 11.6 Å². The predicted molar refractivity (Wildman–Crippen MR) is 30.2 cm³/mol. The van der Waals surface area contributed by atoms with Gasteiger partial charge < -0.3 is 0 Å². The van der Waals surface area contributed by atoms with Crippen molar-refractivity contribution >= 4 is 11.6 Å². The number of alkyl halides is 1. The predicted octanol–water partition coefficient (Wildman–Crippen LogP) is 2.19. The van der Waals surface area contributed by atoms with Gasteiger partial charge in [-0.15, -0.1) is 11.6 Å².